The summed E-state index contributed by atoms with van der Waals surface area (Å²) in [5.74, 6) is 0.220. The molecule has 2 aromatic carbocycles. The van der Waals surface area contributed by atoms with Gasteiger partial charge >= 0.3 is 11.9 Å². The molecule has 0 atom stereocenters. The molecule has 0 unspecified atom stereocenters. The molecule has 7 nitrogen and oxygen atoms in total. The Hall–Kier alpha value is -3.30. The zero-order valence-electron chi connectivity index (χ0n) is 15.8. The van der Waals surface area contributed by atoms with Gasteiger partial charge in [0, 0.05) is 11.6 Å². The van der Waals surface area contributed by atoms with Crippen molar-refractivity contribution in [3.05, 3.63) is 57.6 Å². The number of nitrogens with zero attached hydrogens (tertiary/aromatic N) is 2. The van der Waals surface area contributed by atoms with Gasteiger partial charge in [0.2, 0.25) is 5.75 Å². The summed E-state index contributed by atoms with van der Waals surface area (Å²) in [6.07, 6.45) is -2.56. The summed E-state index contributed by atoms with van der Waals surface area (Å²) in [5.41, 5.74) is 1.83. The van der Waals surface area contributed by atoms with Gasteiger partial charge < -0.3 is 9.47 Å². The maximum Gasteiger partial charge on any atom is 0.416 e. The van der Waals surface area contributed by atoms with Gasteiger partial charge in [-0.2, -0.15) is 18.3 Å². The number of alkyl halides is 3. The van der Waals surface area contributed by atoms with Crippen molar-refractivity contribution in [1.82, 2.24) is 0 Å². The van der Waals surface area contributed by atoms with E-state index in [1.54, 1.807) is 6.92 Å². The second kappa shape index (κ2) is 9.76. The lowest BCUT2D eigenvalue weighted by molar-refractivity contribution is -0.386. The number of hydrogen-bond donors (Lipinski definition) is 1. The van der Waals surface area contributed by atoms with E-state index in [0.717, 1.165) is 12.1 Å². The number of hydrogen-bond acceptors (Lipinski definition) is 6. The van der Waals surface area contributed by atoms with Crippen LogP contribution in [-0.4, -0.2) is 24.4 Å². The van der Waals surface area contributed by atoms with Crippen molar-refractivity contribution in [2.24, 2.45) is 5.10 Å². The molecule has 0 heterocycles. The molecular formula is C19H20F3N3O4. The third-order valence-electron chi connectivity index (χ3n) is 3.60. The molecule has 0 fully saturated rings. The average Bonchev–Trinajstić information content (AvgIpc) is 2.66. The zero-order chi connectivity index (χ0) is 21.4. The Bertz CT molecular complexity index is 885. The number of nitro benzene ring substituents is 1. The van der Waals surface area contributed by atoms with Gasteiger partial charge in [0.05, 0.1) is 35.6 Å². The molecule has 0 amide bonds. The van der Waals surface area contributed by atoms with Crippen LogP contribution >= 0.6 is 0 Å². The third kappa shape index (κ3) is 6.09. The zero-order valence-corrected chi connectivity index (χ0v) is 15.8. The second-order valence-electron chi connectivity index (χ2n) is 5.85. The van der Waals surface area contributed by atoms with Gasteiger partial charge in [0.15, 0.2) is 5.75 Å². The van der Waals surface area contributed by atoms with Gasteiger partial charge in [-0.05, 0) is 37.6 Å². The average molecular weight is 411 g/mol. The second-order valence-corrected chi connectivity index (χ2v) is 5.85. The highest BCUT2D eigenvalue weighted by molar-refractivity contribution is 5.83. The monoisotopic (exact) mass is 411 g/mol. The number of anilines is 1. The van der Waals surface area contributed by atoms with E-state index in [1.807, 2.05) is 6.92 Å². The molecule has 2 aromatic rings. The maximum atomic E-state index is 12.8. The first kappa shape index (κ1) is 22.0. The van der Waals surface area contributed by atoms with Crippen LogP contribution < -0.4 is 14.9 Å². The minimum Gasteiger partial charge on any atom is -0.490 e. The van der Waals surface area contributed by atoms with Crippen molar-refractivity contribution in [2.45, 2.75) is 26.4 Å². The summed E-state index contributed by atoms with van der Waals surface area (Å²) in [7, 11) is 0. The molecular weight excluding hydrogens is 391 g/mol. The van der Waals surface area contributed by atoms with E-state index in [-0.39, 0.29) is 36.1 Å². The van der Waals surface area contributed by atoms with Crippen LogP contribution in [0.4, 0.5) is 24.5 Å². The minimum absolute atomic E-state index is 0.0293. The van der Waals surface area contributed by atoms with E-state index >= 15 is 0 Å². The normalized spacial score (nSPS) is 11.5. The number of nitro groups is 1. The molecule has 1 N–H and O–H groups in total. The van der Waals surface area contributed by atoms with Crippen LogP contribution in [0.15, 0.2) is 41.5 Å². The van der Waals surface area contributed by atoms with Gasteiger partial charge in [-0.1, -0.05) is 13.0 Å². The fraction of sp³-hybridized carbons (Fsp3) is 0.316. The Morgan fingerprint density at radius 2 is 1.97 bits per heavy atom. The highest BCUT2D eigenvalue weighted by atomic mass is 19.4. The molecule has 0 bridgehead atoms. The van der Waals surface area contributed by atoms with Gasteiger partial charge in [-0.25, -0.2) is 0 Å². The van der Waals surface area contributed by atoms with E-state index < -0.39 is 16.7 Å². The number of halogens is 3. The first-order chi connectivity index (χ1) is 13.8. The number of hydrazone groups is 1. The molecule has 29 heavy (non-hydrogen) atoms. The highest BCUT2D eigenvalue weighted by Gasteiger charge is 2.30. The smallest absolute Gasteiger partial charge is 0.416 e. The summed E-state index contributed by atoms with van der Waals surface area (Å²) in [5, 5.41) is 15.3. The summed E-state index contributed by atoms with van der Waals surface area (Å²) in [6, 6.07) is 7.29. The van der Waals surface area contributed by atoms with Crippen LogP contribution in [-0.2, 0) is 6.18 Å². The van der Waals surface area contributed by atoms with Gasteiger partial charge in [0.1, 0.15) is 0 Å². The van der Waals surface area contributed by atoms with Crippen molar-refractivity contribution in [3.63, 3.8) is 0 Å². The summed E-state index contributed by atoms with van der Waals surface area (Å²) >= 11 is 0. The summed E-state index contributed by atoms with van der Waals surface area (Å²) < 4.78 is 49.2. The predicted octanol–water partition coefficient (Wildman–Crippen LogP) is 5.25. The summed E-state index contributed by atoms with van der Waals surface area (Å²) in [6.45, 7) is 4.15. The van der Waals surface area contributed by atoms with Crippen molar-refractivity contribution >= 4 is 17.6 Å². The summed E-state index contributed by atoms with van der Waals surface area (Å²) in [4.78, 5) is 10.8. The molecule has 0 aromatic heterocycles. The number of nitrogens with one attached hydrogen (secondary N) is 1. The fourth-order valence-corrected chi connectivity index (χ4v) is 2.38. The molecule has 0 radical (unpaired) electrons. The van der Waals surface area contributed by atoms with Crippen molar-refractivity contribution in [3.8, 4) is 11.5 Å². The molecule has 2 rings (SSSR count). The number of benzene rings is 2. The Morgan fingerprint density at radius 3 is 2.59 bits per heavy atom. The Kier molecular flexibility index (Phi) is 7.40. The SMILES string of the molecule is CCCOc1c(OCC)cc(C=NNc2cccc(C(F)(F)F)c2)cc1[N+](=O)[O-]. The molecule has 0 saturated heterocycles. The van der Waals surface area contributed by atoms with E-state index in [0.29, 0.717) is 12.0 Å². The lowest BCUT2D eigenvalue weighted by Crippen LogP contribution is -2.05. The Balaban J connectivity index is 2.29. The Labute approximate surface area is 165 Å². The number of rotatable bonds is 9. The van der Waals surface area contributed by atoms with Crippen molar-refractivity contribution in [1.29, 1.82) is 0 Å². The minimum atomic E-state index is -4.47. The van der Waals surface area contributed by atoms with Gasteiger partial charge in [0.25, 0.3) is 0 Å². The molecule has 0 aliphatic heterocycles. The van der Waals surface area contributed by atoms with Crippen LogP contribution in [0.25, 0.3) is 0 Å². The number of ether oxygens (including phenoxy) is 2. The maximum absolute atomic E-state index is 12.8. The lowest BCUT2D eigenvalue weighted by atomic mass is 10.2. The molecule has 0 spiro atoms. The first-order valence-corrected chi connectivity index (χ1v) is 8.80. The van der Waals surface area contributed by atoms with Crippen LogP contribution in [0.3, 0.4) is 0 Å². The standard InChI is InChI=1S/C19H20F3N3O4/c1-3-8-29-18-16(25(26)27)9-13(10-17(18)28-4-2)12-23-24-15-7-5-6-14(11-15)19(20,21)22/h5-7,9-12,24H,3-4,8H2,1-2H3. The topological polar surface area (TPSA) is 86.0 Å². The predicted molar refractivity (Wildman–Crippen MR) is 103 cm³/mol. The van der Waals surface area contributed by atoms with Crippen LogP contribution in [0.5, 0.6) is 11.5 Å². The van der Waals surface area contributed by atoms with E-state index in [2.05, 4.69) is 10.5 Å². The molecule has 10 heteroatoms. The highest BCUT2D eigenvalue weighted by Crippen LogP contribution is 2.38. The fourth-order valence-electron chi connectivity index (χ4n) is 2.38. The lowest BCUT2D eigenvalue weighted by Gasteiger charge is -2.12. The van der Waals surface area contributed by atoms with Gasteiger partial charge in [-0.3, -0.25) is 15.5 Å². The molecule has 0 aliphatic rings. The van der Waals surface area contributed by atoms with Crippen LogP contribution in [0.1, 0.15) is 31.4 Å². The third-order valence-corrected chi connectivity index (χ3v) is 3.60. The van der Waals surface area contributed by atoms with E-state index in [4.69, 9.17) is 9.47 Å². The quantitative estimate of drug-likeness (QED) is 0.346. The molecule has 0 aliphatic carbocycles. The van der Waals surface area contributed by atoms with Gasteiger partial charge in [-0.15, -0.1) is 0 Å². The van der Waals surface area contributed by atoms with Crippen molar-refractivity contribution < 1.29 is 27.6 Å². The first-order valence-electron chi connectivity index (χ1n) is 8.80. The van der Waals surface area contributed by atoms with Crippen molar-refractivity contribution in [2.75, 3.05) is 18.6 Å². The molecule has 156 valence electrons. The Morgan fingerprint density at radius 1 is 1.21 bits per heavy atom. The van der Waals surface area contributed by atoms with Crippen LogP contribution in [0.2, 0.25) is 0 Å². The largest absolute Gasteiger partial charge is 0.490 e. The van der Waals surface area contributed by atoms with Crippen LogP contribution in [0, 0.1) is 10.1 Å². The van der Waals surface area contributed by atoms with E-state index in [9.17, 15) is 23.3 Å². The van der Waals surface area contributed by atoms with E-state index in [1.165, 1.54) is 30.5 Å². The molecule has 0 saturated carbocycles.